The zero-order chi connectivity index (χ0) is 14.7. The van der Waals surface area contributed by atoms with Crippen LogP contribution in [0.4, 0.5) is 17.6 Å². The standard InChI is InChI=1S/C11H14BrF4NO2/c12-6-7(18)10(4-2-1-3-5-10)17-9(19)11(15,16)8(13)14/h8H,1-6H2,(H,17,19). The lowest BCUT2D eigenvalue weighted by atomic mass is 9.78. The second kappa shape index (κ2) is 6.19. The molecule has 0 saturated heterocycles. The number of carbonyl (C=O) groups is 2. The normalized spacial score (nSPS) is 19.3. The fourth-order valence-corrected chi connectivity index (χ4v) is 2.69. The summed E-state index contributed by atoms with van der Waals surface area (Å²) in [6.07, 6.45) is -1.71. The summed E-state index contributed by atoms with van der Waals surface area (Å²) >= 11 is 2.92. The van der Waals surface area contributed by atoms with Crippen molar-refractivity contribution >= 4 is 27.6 Å². The van der Waals surface area contributed by atoms with Crippen LogP contribution in [-0.2, 0) is 9.59 Å². The van der Waals surface area contributed by atoms with Crippen molar-refractivity contribution in [1.29, 1.82) is 0 Å². The molecule has 0 aliphatic heterocycles. The van der Waals surface area contributed by atoms with Gasteiger partial charge in [-0.2, -0.15) is 8.78 Å². The third-order valence-corrected chi connectivity index (χ3v) is 3.80. The lowest BCUT2D eigenvalue weighted by Gasteiger charge is -2.37. The minimum Gasteiger partial charge on any atom is -0.338 e. The summed E-state index contributed by atoms with van der Waals surface area (Å²) in [5.74, 6) is -7.33. The van der Waals surface area contributed by atoms with E-state index in [9.17, 15) is 27.2 Å². The molecule has 0 radical (unpaired) electrons. The van der Waals surface area contributed by atoms with Gasteiger partial charge < -0.3 is 5.32 Å². The second-order valence-corrected chi connectivity index (χ2v) is 5.14. The van der Waals surface area contributed by atoms with Gasteiger partial charge in [-0.05, 0) is 12.8 Å². The van der Waals surface area contributed by atoms with Crippen molar-refractivity contribution in [2.75, 3.05) is 5.33 Å². The number of carbonyl (C=O) groups excluding carboxylic acids is 2. The van der Waals surface area contributed by atoms with Crippen molar-refractivity contribution in [3.8, 4) is 0 Å². The zero-order valence-electron chi connectivity index (χ0n) is 10.0. The van der Waals surface area contributed by atoms with Gasteiger partial charge in [0.25, 0.3) is 5.91 Å². The average molecular weight is 348 g/mol. The number of halogens is 5. The first-order valence-corrected chi connectivity index (χ1v) is 6.96. The van der Waals surface area contributed by atoms with Crippen LogP contribution in [0.3, 0.4) is 0 Å². The largest absolute Gasteiger partial charge is 0.383 e. The Morgan fingerprint density at radius 1 is 1.21 bits per heavy atom. The summed E-state index contributed by atoms with van der Waals surface area (Å²) in [7, 11) is 0. The van der Waals surface area contributed by atoms with Crippen LogP contribution in [0, 0.1) is 0 Å². The molecule has 0 bridgehead atoms. The number of amides is 1. The quantitative estimate of drug-likeness (QED) is 0.613. The number of nitrogens with one attached hydrogen (secondary N) is 1. The van der Waals surface area contributed by atoms with Gasteiger partial charge in [-0.1, -0.05) is 35.2 Å². The van der Waals surface area contributed by atoms with Gasteiger partial charge in [-0.25, -0.2) is 8.78 Å². The SMILES string of the molecule is O=C(CBr)C1(NC(=O)C(F)(F)C(F)F)CCCCC1. The van der Waals surface area contributed by atoms with Crippen molar-refractivity contribution in [1.82, 2.24) is 5.32 Å². The lowest BCUT2D eigenvalue weighted by molar-refractivity contribution is -0.172. The highest BCUT2D eigenvalue weighted by atomic mass is 79.9. The number of Topliss-reactive ketones (excluding diaryl/α,β-unsaturated/α-hetero) is 1. The molecule has 1 N–H and O–H groups in total. The molecule has 0 aromatic carbocycles. The fourth-order valence-electron chi connectivity index (χ4n) is 2.16. The van der Waals surface area contributed by atoms with Gasteiger partial charge in [0.15, 0.2) is 5.78 Å². The third kappa shape index (κ3) is 3.46. The van der Waals surface area contributed by atoms with Crippen LogP contribution < -0.4 is 5.32 Å². The van der Waals surface area contributed by atoms with Crippen molar-refractivity contribution in [3.05, 3.63) is 0 Å². The van der Waals surface area contributed by atoms with Crippen LogP contribution in [0.5, 0.6) is 0 Å². The van der Waals surface area contributed by atoms with Crippen LogP contribution >= 0.6 is 15.9 Å². The summed E-state index contributed by atoms with van der Waals surface area (Å²) in [6.45, 7) is 0. The van der Waals surface area contributed by atoms with Crippen molar-refractivity contribution < 1.29 is 27.2 Å². The predicted octanol–water partition coefficient (Wildman–Crippen LogP) is 2.67. The summed E-state index contributed by atoms with van der Waals surface area (Å²) in [4.78, 5) is 23.1. The van der Waals surface area contributed by atoms with Crippen LogP contribution in [0.25, 0.3) is 0 Å². The maximum Gasteiger partial charge on any atom is 0.383 e. The Balaban J connectivity index is 2.90. The first kappa shape index (κ1) is 16.4. The molecular formula is C11H14BrF4NO2. The summed E-state index contributed by atoms with van der Waals surface area (Å²) in [5.41, 5.74) is -1.45. The number of hydrogen-bond donors (Lipinski definition) is 1. The van der Waals surface area contributed by atoms with Gasteiger partial charge in [0.1, 0.15) is 0 Å². The fraction of sp³-hybridized carbons (Fsp3) is 0.818. The van der Waals surface area contributed by atoms with Crippen LogP contribution in [0.2, 0.25) is 0 Å². The van der Waals surface area contributed by atoms with Gasteiger partial charge in [-0.15, -0.1) is 0 Å². The molecule has 0 aromatic heterocycles. The molecule has 110 valence electrons. The third-order valence-electron chi connectivity index (χ3n) is 3.29. The minimum absolute atomic E-state index is 0.118. The van der Waals surface area contributed by atoms with E-state index in [4.69, 9.17) is 0 Å². The molecule has 0 atom stereocenters. The van der Waals surface area contributed by atoms with E-state index in [1.807, 2.05) is 5.32 Å². The number of rotatable bonds is 5. The van der Waals surface area contributed by atoms with E-state index in [-0.39, 0.29) is 18.2 Å². The van der Waals surface area contributed by atoms with Crippen molar-refractivity contribution in [3.63, 3.8) is 0 Å². The van der Waals surface area contributed by atoms with Crippen LogP contribution in [-0.4, -0.2) is 34.9 Å². The molecule has 3 nitrogen and oxygen atoms in total. The highest BCUT2D eigenvalue weighted by molar-refractivity contribution is 9.09. The van der Waals surface area contributed by atoms with E-state index in [1.54, 1.807) is 0 Å². The molecule has 1 saturated carbocycles. The molecule has 1 aliphatic rings. The monoisotopic (exact) mass is 347 g/mol. The molecule has 1 rings (SSSR count). The molecule has 0 heterocycles. The summed E-state index contributed by atoms with van der Waals surface area (Å²) in [5, 5.41) is 1.74. The molecule has 0 unspecified atom stereocenters. The zero-order valence-corrected chi connectivity index (χ0v) is 11.6. The van der Waals surface area contributed by atoms with Gasteiger partial charge in [0.2, 0.25) is 0 Å². The molecule has 8 heteroatoms. The molecular weight excluding hydrogens is 334 g/mol. The van der Waals surface area contributed by atoms with Crippen molar-refractivity contribution in [2.24, 2.45) is 0 Å². The van der Waals surface area contributed by atoms with Gasteiger partial charge in [0, 0.05) is 0 Å². The predicted molar refractivity (Wildman–Crippen MR) is 63.7 cm³/mol. The van der Waals surface area contributed by atoms with E-state index in [2.05, 4.69) is 15.9 Å². The number of ketones is 1. The summed E-state index contributed by atoms with van der Waals surface area (Å²) in [6, 6.07) is 0. The van der Waals surface area contributed by atoms with Crippen LogP contribution in [0.1, 0.15) is 32.1 Å². The summed E-state index contributed by atoms with van der Waals surface area (Å²) < 4.78 is 50.1. The molecule has 1 amide bonds. The molecule has 19 heavy (non-hydrogen) atoms. The van der Waals surface area contributed by atoms with E-state index in [0.29, 0.717) is 12.8 Å². The first-order valence-electron chi connectivity index (χ1n) is 5.84. The van der Waals surface area contributed by atoms with E-state index >= 15 is 0 Å². The Bertz CT molecular complexity index is 357. The van der Waals surface area contributed by atoms with Crippen molar-refractivity contribution in [2.45, 2.75) is 50.0 Å². The lowest BCUT2D eigenvalue weighted by Crippen LogP contribution is -2.60. The van der Waals surface area contributed by atoms with E-state index < -0.39 is 29.6 Å². The van der Waals surface area contributed by atoms with Gasteiger partial charge in [0.05, 0.1) is 10.9 Å². The maximum atomic E-state index is 12.9. The van der Waals surface area contributed by atoms with Crippen LogP contribution in [0.15, 0.2) is 0 Å². The smallest absolute Gasteiger partial charge is 0.338 e. The molecule has 1 aliphatic carbocycles. The maximum absolute atomic E-state index is 12.9. The minimum atomic E-state index is -4.78. The topological polar surface area (TPSA) is 46.2 Å². The highest BCUT2D eigenvalue weighted by Gasteiger charge is 2.52. The number of hydrogen-bond acceptors (Lipinski definition) is 2. The highest BCUT2D eigenvalue weighted by Crippen LogP contribution is 2.32. The molecule has 1 fully saturated rings. The Morgan fingerprint density at radius 3 is 2.16 bits per heavy atom. The Kier molecular flexibility index (Phi) is 5.34. The second-order valence-electron chi connectivity index (χ2n) is 4.58. The Labute approximate surface area is 116 Å². The van der Waals surface area contributed by atoms with Gasteiger partial charge >= 0.3 is 12.3 Å². The molecule has 0 aromatic rings. The Hall–Kier alpha value is -0.660. The first-order chi connectivity index (χ1) is 8.76. The molecule has 0 spiro atoms. The van der Waals surface area contributed by atoms with E-state index in [1.165, 1.54) is 0 Å². The average Bonchev–Trinajstić information content (AvgIpc) is 2.38. The number of alkyl halides is 5. The Morgan fingerprint density at radius 2 is 1.74 bits per heavy atom. The van der Waals surface area contributed by atoms with Gasteiger partial charge in [-0.3, -0.25) is 9.59 Å². The van der Waals surface area contributed by atoms with E-state index in [0.717, 1.165) is 6.42 Å².